The van der Waals surface area contributed by atoms with Crippen molar-refractivity contribution < 1.29 is 23.6 Å². The molecule has 2 aliphatic rings. The molecule has 1 unspecified atom stereocenters. The van der Waals surface area contributed by atoms with Gasteiger partial charge in [0.1, 0.15) is 0 Å². The summed E-state index contributed by atoms with van der Waals surface area (Å²) in [5, 5.41) is 3.45. The predicted molar refractivity (Wildman–Crippen MR) is 127 cm³/mol. The summed E-state index contributed by atoms with van der Waals surface area (Å²) in [5.41, 5.74) is 9.19. The maximum atomic E-state index is 12.6. The van der Waals surface area contributed by atoms with Crippen molar-refractivity contribution in [1.82, 2.24) is 4.57 Å². The minimum Gasteiger partial charge on any atom is -0.382 e. The molecule has 1 amide bonds. The highest BCUT2D eigenvalue weighted by molar-refractivity contribution is 7.51. The molecule has 1 atom stereocenters. The van der Waals surface area contributed by atoms with Gasteiger partial charge < -0.3 is 25.0 Å². The second kappa shape index (κ2) is 8.75. The largest absolute Gasteiger partial charge is 0.382 e. The SMILES string of the molecule is CC1(C)CC(=O)c2ccn(-c3ccc(C(N)=O)c(NC4CCC(OP(C)(=O)O)CC4)c3)c2C1. The highest BCUT2D eigenvalue weighted by Crippen LogP contribution is 2.42. The van der Waals surface area contributed by atoms with Crippen molar-refractivity contribution in [3.63, 3.8) is 0 Å². The first-order valence-electron chi connectivity index (χ1n) is 11.3. The second-order valence-corrected chi connectivity index (χ2v) is 11.9. The molecule has 2 aromatic rings. The lowest BCUT2D eigenvalue weighted by atomic mass is 9.76. The Morgan fingerprint density at radius 3 is 2.55 bits per heavy atom. The molecule has 0 saturated heterocycles. The number of ketones is 1. The lowest BCUT2D eigenvalue weighted by Crippen LogP contribution is -2.30. The molecular weight excluding hydrogens is 441 g/mol. The first-order chi connectivity index (χ1) is 15.4. The quantitative estimate of drug-likeness (QED) is 0.538. The van der Waals surface area contributed by atoms with E-state index in [2.05, 4.69) is 19.2 Å². The van der Waals surface area contributed by atoms with Gasteiger partial charge in [-0.05, 0) is 61.8 Å². The Labute approximate surface area is 194 Å². The average Bonchev–Trinajstić information content (AvgIpc) is 3.11. The summed E-state index contributed by atoms with van der Waals surface area (Å²) < 4.78 is 18.8. The molecule has 4 N–H and O–H groups in total. The number of aromatic nitrogens is 1. The van der Waals surface area contributed by atoms with Crippen molar-refractivity contribution in [2.45, 2.75) is 64.5 Å². The number of anilines is 1. The highest BCUT2D eigenvalue weighted by atomic mass is 31.2. The Hall–Kier alpha value is -2.41. The number of Topliss-reactive ketones (excluding diaryl/α,β-unsaturated/α-hetero) is 1. The monoisotopic (exact) mass is 473 g/mol. The van der Waals surface area contributed by atoms with E-state index in [0.29, 0.717) is 30.5 Å². The van der Waals surface area contributed by atoms with Crippen LogP contribution in [0.5, 0.6) is 0 Å². The van der Waals surface area contributed by atoms with E-state index in [4.69, 9.17) is 10.3 Å². The van der Waals surface area contributed by atoms with E-state index < -0.39 is 13.5 Å². The summed E-state index contributed by atoms with van der Waals surface area (Å²) in [5.74, 6) is -0.357. The summed E-state index contributed by atoms with van der Waals surface area (Å²) in [6.07, 6.45) is 5.80. The molecule has 8 nitrogen and oxygen atoms in total. The molecule has 1 heterocycles. The number of fused-ring (bicyclic) bond motifs is 1. The number of hydrogen-bond acceptors (Lipinski definition) is 5. The Bertz CT molecular complexity index is 1130. The number of nitrogens with zero attached hydrogens (tertiary/aromatic N) is 1. The van der Waals surface area contributed by atoms with Gasteiger partial charge in [0.2, 0.25) is 0 Å². The lowest BCUT2D eigenvalue weighted by molar-refractivity contribution is 0.0910. The number of benzene rings is 1. The fourth-order valence-electron chi connectivity index (χ4n) is 5.01. The smallest absolute Gasteiger partial charge is 0.325 e. The zero-order valence-corrected chi connectivity index (χ0v) is 20.2. The normalized spacial score (nSPS) is 24.1. The topological polar surface area (TPSA) is 124 Å². The minimum atomic E-state index is -3.51. The van der Waals surface area contributed by atoms with Crippen molar-refractivity contribution >= 4 is 25.0 Å². The first-order valence-corrected chi connectivity index (χ1v) is 13.4. The predicted octanol–water partition coefficient (Wildman–Crippen LogP) is 4.29. The Morgan fingerprint density at radius 2 is 1.91 bits per heavy atom. The molecule has 0 bridgehead atoms. The number of nitrogens with two attached hydrogens (primary N) is 1. The van der Waals surface area contributed by atoms with Crippen LogP contribution in [-0.2, 0) is 15.5 Å². The molecule has 0 spiro atoms. The molecule has 1 aromatic carbocycles. The van der Waals surface area contributed by atoms with Crippen LogP contribution in [0.25, 0.3) is 5.69 Å². The summed E-state index contributed by atoms with van der Waals surface area (Å²) in [6, 6.07) is 7.44. The van der Waals surface area contributed by atoms with Gasteiger partial charge in [0.05, 0.1) is 11.7 Å². The van der Waals surface area contributed by atoms with E-state index in [0.717, 1.165) is 36.2 Å². The van der Waals surface area contributed by atoms with E-state index in [-0.39, 0.29) is 23.3 Å². The van der Waals surface area contributed by atoms with Gasteiger partial charge in [0.25, 0.3) is 5.91 Å². The third kappa shape index (κ3) is 5.40. The van der Waals surface area contributed by atoms with Gasteiger partial charge in [-0.3, -0.25) is 14.2 Å². The number of carbonyl (C=O) groups is 2. The third-order valence-corrected chi connectivity index (χ3v) is 7.19. The highest BCUT2D eigenvalue weighted by Gasteiger charge is 2.33. The Kier molecular flexibility index (Phi) is 6.29. The Balaban J connectivity index is 1.58. The lowest BCUT2D eigenvalue weighted by Gasteiger charge is -2.31. The van der Waals surface area contributed by atoms with E-state index in [1.54, 1.807) is 6.07 Å². The van der Waals surface area contributed by atoms with Crippen LogP contribution in [0.4, 0.5) is 5.69 Å². The van der Waals surface area contributed by atoms with Gasteiger partial charge in [-0.15, -0.1) is 0 Å². The van der Waals surface area contributed by atoms with Crippen molar-refractivity contribution in [2.24, 2.45) is 11.1 Å². The summed E-state index contributed by atoms with van der Waals surface area (Å²) in [4.78, 5) is 34.1. The number of hydrogen-bond donors (Lipinski definition) is 3. The van der Waals surface area contributed by atoms with E-state index in [1.807, 2.05) is 29.0 Å². The van der Waals surface area contributed by atoms with Crippen molar-refractivity contribution in [3.05, 3.63) is 47.3 Å². The van der Waals surface area contributed by atoms with Gasteiger partial charge >= 0.3 is 7.60 Å². The van der Waals surface area contributed by atoms with Crippen molar-refractivity contribution in [1.29, 1.82) is 0 Å². The van der Waals surface area contributed by atoms with E-state index in [1.165, 1.54) is 6.66 Å². The molecule has 33 heavy (non-hydrogen) atoms. The van der Waals surface area contributed by atoms with Gasteiger partial charge in [-0.2, -0.15) is 0 Å². The molecule has 9 heteroatoms. The average molecular weight is 474 g/mol. The molecule has 1 saturated carbocycles. The number of rotatable bonds is 6. The maximum Gasteiger partial charge on any atom is 0.325 e. The van der Waals surface area contributed by atoms with Gasteiger partial charge in [0, 0.05) is 48.0 Å². The molecule has 2 aliphatic carbocycles. The summed E-state index contributed by atoms with van der Waals surface area (Å²) in [6.45, 7) is 5.40. The Morgan fingerprint density at radius 1 is 1.21 bits per heavy atom. The second-order valence-electron chi connectivity index (χ2n) is 10.1. The standard InChI is InChI=1S/C24H32N3O5P/c1-24(2)13-21-19(22(28)14-24)10-11-27(21)16-6-9-18(23(25)29)20(12-16)26-15-4-7-17(8-5-15)32-33(3,30)31/h6,9-12,15,17,26H,4-5,7-8,13-14H2,1-3H3,(H2,25,29)(H,30,31). The maximum absolute atomic E-state index is 12.6. The van der Waals surface area contributed by atoms with Crippen LogP contribution in [-0.4, -0.2) is 40.0 Å². The van der Waals surface area contributed by atoms with Gasteiger partial charge in [-0.1, -0.05) is 13.8 Å². The van der Waals surface area contributed by atoms with Crippen LogP contribution >= 0.6 is 7.60 Å². The molecule has 1 fully saturated rings. The zero-order valence-electron chi connectivity index (χ0n) is 19.3. The molecule has 0 aliphatic heterocycles. The number of carbonyl (C=O) groups excluding carboxylic acids is 2. The van der Waals surface area contributed by atoms with E-state index >= 15 is 0 Å². The first kappa shape index (κ1) is 23.7. The van der Waals surface area contributed by atoms with Crippen molar-refractivity contribution in [3.8, 4) is 5.69 Å². The molecule has 178 valence electrons. The fourth-order valence-corrected chi connectivity index (χ4v) is 5.78. The summed E-state index contributed by atoms with van der Waals surface area (Å²) in [7, 11) is -3.51. The molecule has 1 aromatic heterocycles. The third-order valence-electron chi connectivity index (χ3n) is 6.50. The van der Waals surface area contributed by atoms with Crippen LogP contribution in [0.3, 0.4) is 0 Å². The van der Waals surface area contributed by atoms with Crippen LogP contribution < -0.4 is 11.1 Å². The van der Waals surface area contributed by atoms with Crippen LogP contribution in [0.2, 0.25) is 0 Å². The fraction of sp³-hybridized carbons (Fsp3) is 0.500. The van der Waals surface area contributed by atoms with Crippen LogP contribution in [0, 0.1) is 5.41 Å². The minimum absolute atomic E-state index is 0.0900. The van der Waals surface area contributed by atoms with Gasteiger partial charge in [-0.25, -0.2) is 0 Å². The molecular formula is C24H32N3O5P. The number of amides is 1. The molecule has 0 radical (unpaired) electrons. The number of primary amides is 1. The zero-order chi connectivity index (χ0) is 24.0. The van der Waals surface area contributed by atoms with Crippen LogP contribution in [0.15, 0.2) is 30.5 Å². The summed E-state index contributed by atoms with van der Waals surface area (Å²) >= 11 is 0. The van der Waals surface area contributed by atoms with E-state index in [9.17, 15) is 19.0 Å². The van der Waals surface area contributed by atoms with Crippen molar-refractivity contribution in [2.75, 3.05) is 12.0 Å². The number of nitrogens with one attached hydrogen (secondary N) is 1. The van der Waals surface area contributed by atoms with Crippen LogP contribution in [0.1, 0.15) is 72.4 Å². The van der Waals surface area contributed by atoms with Gasteiger partial charge in [0.15, 0.2) is 5.78 Å². The molecule has 4 rings (SSSR count).